The zero-order chi connectivity index (χ0) is 72.9. The molecular weight excluding hydrogens is 1340 g/mol. The van der Waals surface area contributed by atoms with E-state index in [-0.39, 0.29) is 115 Å². The fraction of sp³-hybridized carbons (Fsp3) is 0.536. The van der Waals surface area contributed by atoms with Crippen molar-refractivity contribution < 1.29 is 153 Å². The van der Waals surface area contributed by atoms with Gasteiger partial charge < -0.3 is 75.8 Å². The highest BCUT2D eigenvalue weighted by Crippen LogP contribution is 2.63. The molecule has 32 nitrogen and oxygen atoms in total. The average Bonchev–Trinajstić information content (AvgIpc) is 0.731. The summed E-state index contributed by atoms with van der Waals surface area (Å²) in [5.74, 6) is -2.63. The first-order chi connectivity index (χ1) is 48.8. The van der Waals surface area contributed by atoms with Gasteiger partial charge in [-0.2, -0.15) is 19.2 Å². The number of carbonyl (C=O) groups is 8. The van der Waals surface area contributed by atoms with Crippen LogP contribution in [0.4, 0.5) is 19.2 Å². The highest BCUT2D eigenvalue weighted by Gasteiger charge is 2.57. The van der Waals surface area contributed by atoms with Gasteiger partial charge in [-0.1, -0.05) is 0 Å². The number of benzene rings is 4. The van der Waals surface area contributed by atoms with Crippen molar-refractivity contribution in [3.63, 3.8) is 0 Å². The van der Waals surface area contributed by atoms with Crippen LogP contribution in [0.15, 0.2) is 48.5 Å². The van der Waals surface area contributed by atoms with Gasteiger partial charge in [0.2, 0.25) is 0 Å². The molecule has 552 valence electrons. The third-order valence-corrected chi connectivity index (χ3v) is 19.0. The van der Waals surface area contributed by atoms with Crippen LogP contribution >= 0.6 is 0 Å². The summed E-state index contributed by atoms with van der Waals surface area (Å²) in [6.07, 6.45) is -0.751. The van der Waals surface area contributed by atoms with Crippen molar-refractivity contribution in [1.29, 1.82) is 0 Å². The fourth-order valence-electron chi connectivity index (χ4n) is 14.6. The van der Waals surface area contributed by atoms with Crippen LogP contribution < -0.4 is 56.8 Å². The molecular formula is C69H84O32. The standard InChI is InChI=1S/C69H84O32/c1-78-49-33-57(86-9)53(82-5)29-45(49)61(70)94-98-65(74)90-41-21-13-37(14-22-41)69(38-15-23-42(24-16-38)91-66(75)99-95-62(71)46-30-54(83-6)58(87-10)34-50(46)79-2,39-17-25-43(26-18-39)92-67(76)100-96-63(72)47-31-55(84-7)59(88-11)35-51(47)80-3)40-19-27-44(28-20-40)93-68(77)101-97-64(73)48-32-56(85-8)60(89-12)36-52(48)81-4/h29-44H,13-28H2,1-12H3. The van der Waals surface area contributed by atoms with Crippen LogP contribution in [0.1, 0.15) is 144 Å². The van der Waals surface area contributed by atoms with Crippen molar-refractivity contribution in [1.82, 2.24) is 0 Å². The van der Waals surface area contributed by atoms with Crippen molar-refractivity contribution >= 4 is 48.5 Å². The average molecular weight is 1430 g/mol. The minimum absolute atomic E-state index is 0.0506. The predicted octanol–water partition coefficient (Wildman–Crippen LogP) is 12.0. The van der Waals surface area contributed by atoms with E-state index in [2.05, 4.69) is 0 Å². The Morgan fingerprint density at radius 2 is 0.386 bits per heavy atom. The monoisotopic (exact) mass is 1420 g/mol. The van der Waals surface area contributed by atoms with Crippen LogP contribution in [0.3, 0.4) is 0 Å². The van der Waals surface area contributed by atoms with Crippen LogP contribution in [0.2, 0.25) is 0 Å². The molecule has 4 aliphatic rings. The fourth-order valence-corrected chi connectivity index (χ4v) is 14.6. The van der Waals surface area contributed by atoms with Gasteiger partial charge in [-0.25, -0.2) is 58.3 Å². The van der Waals surface area contributed by atoms with Gasteiger partial charge >= 0.3 is 48.5 Å². The van der Waals surface area contributed by atoms with Crippen LogP contribution in [0.5, 0.6) is 69.0 Å². The number of carbonyl (C=O) groups excluding carboxylic acids is 8. The van der Waals surface area contributed by atoms with E-state index in [0.29, 0.717) is 103 Å². The molecule has 101 heavy (non-hydrogen) atoms. The molecule has 0 aromatic heterocycles. The summed E-state index contributed by atoms with van der Waals surface area (Å²) >= 11 is 0. The van der Waals surface area contributed by atoms with Crippen LogP contribution in [0.25, 0.3) is 0 Å². The summed E-state index contributed by atoms with van der Waals surface area (Å²) in [6.45, 7) is 0. The minimum atomic E-state index is -1.26. The normalized spacial score (nSPS) is 20.6. The van der Waals surface area contributed by atoms with E-state index in [1.165, 1.54) is 134 Å². The summed E-state index contributed by atoms with van der Waals surface area (Å²) in [7, 11) is 16.4. The van der Waals surface area contributed by atoms with Crippen molar-refractivity contribution in [2.24, 2.45) is 29.1 Å². The molecule has 0 saturated heterocycles. The Bertz CT molecular complexity index is 3080. The van der Waals surface area contributed by atoms with Crippen molar-refractivity contribution in [3.05, 3.63) is 70.8 Å². The third kappa shape index (κ3) is 18.3. The van der Waals surface area contributed by atoms with Crippen LogP contribution in [0, 0.1) is 29.1 Å². The maximum Gasteiger partial charge on any atom is 0.550 e. The Labute approximate surface area is 581 Å². The first kappa shape index (κ1) is 76.2. The van der Waals surface area contributed by atoms with Crippen molar-refractivity contribution in [3.8, 4) is 69.0 Å². The molecule has 0 aliphatic heterocycles. The highest BCUT2D eigenvalue weighted by molar-refractivity contribution is 5.95. The topological polar surface area (TPSA) is 358 Å². The van der Waals surface area contributed by atoms with E-state index in [0.717, 1.165) is 0 Å². The Kier molecular flexibility index (Phi) is 27.1. The number of methoxy groups -OCH3 is 12. The lowest BCUT2D eigenvalue weighted by atomic mass is 9.45. The lowest BCUT2D eigenvalue weighted by Gasteiger charge is -2.60. The van der Waals surface area contributed by atoms with Crippen molar-refractivity contribution in [2.45, 2.75) is 127 Å². The molecule has 32 heteroatoms. The molecule has 4 aromatic carbocycles. The summed E-state index contributed by atoms with van der Waals surface area (Å²) in [5.41, 5.74) is -1.08. The van der Waals surface area contributed by atoms with Gasteiger partial charge in [0.05, 0.1) is 85.3 Å². The van der Waals surface area contributed by atoms with Gasteiger partial charge in [0, 0.05) is 48.5 Å². The summed E-state index contributed by atoms with van der Waals surface area (Å²) < 4.78 is 87.2. The zero-order valence-corrected chi connectivity index (χ0v) is 58.1. The van der Waals surface area contributed by atoms with Crippen molar-refractivity contribution in [2.75, 3.05) is 85.3 Å². The first-order valence-electron chi connectivity index (χ1n) is 32.3. The molecule has 0 amide bonds. The Hall–Kier alpha value is -10.6. The van der Waals surface area contributed by atoms with E-state index in [1.807, 2.05) is 0 Å². The summed E-state index contributed by atoms with van der Waals surface area (Å²) in [4.78, 5) is 146. The maximum absolute atomic E-state index is 13.4. The predicted molar refractivity (Wildman–Crippen MR) is 342 cm³/mol. The van der Waals surface area contributed by atoms with E-state index in [1.54, 1.807) is 0 Å². The van der Waals surface area contributed by atoms with Gasteiger partial charge in [0.15, 0.2) is 46.0 Å². The van der Waals surface area contributed by atoms with Gasteiger partial charge in [-0.15, -0.1) is 0 Å². The number of rotatable bonds is 24. The molecule has 0 heterocycles. The van der Waals surface area contributed by atoms with E-state index >= 15 is 0 Å². The summed E-state index contributed by atoms with van der Waals surface area (Å²) in [5, 5.41) is 0. The largest absolute Gasteiger partial charge is 0.550 e. The molecule has 0 spiro atoms. The molecule has 0 N–H and O–H groups in total. The lowest BCUT2D eigenvalue weighted by Crippen LogP contribution is -2.54. The van der Waals surface area contributed by atoms with Crippen LogP contribution in [-0.4, -0.2) is 158 Å². The van der Waals surface area contributed by atoms with E-state index in [9.17, 15) is 38.4 Å². The number of hydrogen-bond acceptors (Lipinski definition) is 32. The zero-order valence-electron chi connectivity index (χ0n) is 58.1. The van der Waals surface area contributed by atoms with Gasteiger partial charge in [0.1, 0.15) is 69.7 Å². The van der Waals surface area contributed by atoms with Gasteiger partial charge in [-0.3, -0.25) is 0 Å². The van der Waals surface area contributed by atoms with E-state index < -0.39 is 78.3 Å². The Balaban J connectivity index is 1.01. The maximum atomic E-state index is 13.4. The van der Waals surface area contributed by atoms with Gasteiger partial charge in [-0.05, 0) is 132 Å². The minimum Gasteiger partial charge on any atom is -0.496 e. The molecule has 4 aliphatic carbocycles. The molecule has 8 rings (SSSR count). The second-order valence-corrected chi connectivity index (χ2v) is 23.8. The first-order valence-corrected chi connectivity index (χ1v) is 32.3. The van der Waals surface area contributed by atoms with Crippen LogP contribution in [-0.2, 0) is 58.0 Å². The molecule has 0 unspecified atom stereocenters. The summed E-state index contributed by atoms with van der Waals surface area (Å²) in [6, 6.07) is 10.8. The number of ether oxygens (including phenoxy) is 16. The smallest absolute Gasteiger partial charge is 0.496 e. The number of hydrogen-bond donors (Lipinski definition) is 0. The molecule has 0 radical (unpaired) electrons. The second-order valence-electron chi connectivity index (χ2n) is 23.8. The highest BCUT2D eigenvalue weighted by atomic mass is 17.3. The molecule has 0 bridgehead atoms. The van der Waals surface area contributed by atoms with E-state index in [4.69, 9.17) is 115 Å². The quantitative estimate of drug-likeness (QED) is 0.0272. The Morgan fingerprint density at radius 3 is 0.545 bits per heavy atom. The third-order valence-electron chi connectivity index (χ3n) is 19.0. The molecule has 4 saturated carbocycles. The lowest BCUT2D eigenvalue weighted by molar-refractivity contribution is -0.213. The Morgan fingerprint density at radius 1 is 0.228 bits per heavy atom. The van der Waals surface area contributed by atoms with Gasteiger partial charge in [0.25, 0.3) is 0 Å². The molecule has 4 fully saturated rings. The SMILES string of the molecule is COc1cc(OC)c(C(=O)OOC(=O)OC2CCC(C(C3CCC(OC(=O)OOC(=O)c4cc(OC)c(OC)cc4OC)CC3)(C3CCC(OC(=O)OOC(=O)c4cc(OC)c(OC)cc4OC)CC3)C3CCC(OC(=O)OOC(=O)c4cc(OC)c(OC)cc4OC)CC3)CC2)cc1OC. The second kappa shape index (κ2) is 36.0. The molecule has 0 atom stereocenters. The molecule has 4 aromatic rings.